The average Bonchev–Trinajstić information content (AvgIpc) is 2.62. The lowest BCUT2D eigenvalue weighted by atomic mass is 10.1. The number of hydrogen-bond acceptors (Lipinski definition) is 3. The minimum atomic E-state index is -0.482. The van der Waals surface area contributed by atoms with Gasteiger partial charge < -0.3 is 10.6 Å². The van der Waals surface area contributed by atoms with E-state index in [4.69, 9.17) is 0 Å². The fourth-order valence-corrected chi connectivity index (χ4v) is 2.44. The van der Waals surface area contributed by atoms with Gasteiger partial charge in [-0.2, -0.15) is 0 Å². The molecule has 0 aliphatic heterocycles. The Morgan fingerprint density at radius 1 is 1.08 bits per heavy atom. The van der Waals surface area contributed by atoms with Gasteiger partial charge in [0, 0.05) is 18.4 Å². The molecule has 0 spiro atoms. The Bertz CT molecular complexity index is 895. The van der Waals surface area contributed by atoms with E-state index in [0.717, 1.165) is 11.3 Å². The van der Waals surface area contributed by atoms with Gasteiger partial charge in [-0.3, -0.25) is 9.78 Å². The number of para-hydroxylation sites is 1. The highest BCUT2D eigenvalue weighted by Gasteiger charge is 2.10. The van der Waals surface area contributed by atoms with E-state index < -0.39 is 11.7 Å². The van der Waals surface area contributed by atoms with Crippen LogP contribution in [0.2, 0.25) is 0 Å². The summed E-state index contributed by atoms with van der Waals surface area (Å²) in [5.41, 5.74) is 3.47. The molecule has 5 heteroatoms. The molecule has 0 aliphatic rings. The molecule has 4 nitrogen and oxygen atoms in total. The summed E-state index contributed by atoms with van der Waals surface area (Å²) >= 11 is 0. The van der Waals surface area contributed by atoms with E-state index >= 15 is 0 Å². The van der Waals surface area contributed by atoms with E-state index in [2.05, 4.69) is 21.7 Å². The predicted molar refractivity (Wildman–Crippen MR) is 97.1 cm³/mol. The maximum absolute atomic E-state index is 13.6. The van der Waals surface area contributed by atoms with E-state index in [9.17, 15) is 9.18 Å². The highest BCUT2D eigenvalue weighted by molar-refractivity contribution is 6.03. The molecule has 3 aromatic rings. The molecular weight excluding hydrogens is 317 g/mol. The monoisotopic (exact) mass is 335 g/mol. The molecule has 0 saturated carbocycles. The number of aromatic nitrogens is 1. The summed E-state index contributed by atoms with van der Waals surface area (Å²) in [4.78, 5) is 16.3. The predicted octanol–water partition coefficient (Wildman–Crippen LogP) is 4.39. The molecule has 3 rings (SSSR count). The molecule has 126 valence electrons. The van der Waals surface area contributed by atoms with Crippen LogP contribution in [0.25, 0.3) is 0 Å². The summed E-state index contributed by atoms with van der Waals surface area (Å²) in [5, 5.41) is 5.80. The molecule has 0 unspecified atom stereocenters. The van der Waals surface area contributed by atoms with Gasteiger partial charge in [-0.05, 0) is 36.8 Å². The first-order valence-corrected chi connectivity index (χ1v) is 7.93. The second kappa shape index (κ2) is 7.57. The Kier molecular flexibility index (Phi) is 5.04. The Hall–Kier alpha value is -3.21. The summed E-state index contributed by atoms with van der Waals surface area (Å²) in [5.74, 6) is -0.936. The first-order chi connectivity index (χ1) is 12.1. The molecule has 25 heavy (non-hydrogen) atoms. The van der Waals surface area contributed by atoms with Gasteiger partial charge in [-0.25, -0.2) is 4.39 Å². The van der Waals surface area contributed by atoms with Crippen molar-refractivity contribution in [2.45, 2.75) is 13.5 Å². The van der Waals surface area contributed by atoms with Crippen molar-refractivity contribution >= 4 is 17.3 Å². The zero-order chi connectivity index (χ0) is 17.6. The van der Waals surface area contributed by atoms with E-state index in [1.54, 1.807) is 30.5 Å². The van der Waals surface area contributed by atoms with Crippen LogP contribution in [-0.4, -0.2) is 10.9 Å². The number of benzene rings is 2. The number of anilines is 2. The van der Waals surface area contributed by atoms with Crippen molar-refractivity contribution in [1.29, 1.82) is 0 Å². The van der Waals surface area contributed by atoms with Crippen molar-refractivity contribution in [2.75, 3.05) is 10.6 Å². The lowest BCUT2D eigenvalue weighted by molar-refractivity contribution is 0.102. The van der Waals surface area contributed by atoms with Gasteiger partial charge in [0.15, 0.2) is 0 Å². The Morgan fingerprint density at radius 3 is 2.72 bits per heavy atom. The summed E-state index contributed by atoms with van der Waals surface area (Å²) < 4.78 is 13.6. The van der Waals surface area contributed by atoms with Gasteiger partial charge in [0.2, 0.25) is 0 Å². The number of nitrogens with one attached hydrogen (secondary N) is 2. The molecule has 0 radical (unpaired) electrons. The maximum Gasteiger partial charge on any atom is 0.274 e. The third kappa shape index (κ3) is 4.41. The number of carbonyl (C=O) groups excluding carboxylic acids is 1. The quantitative estimate of drug-likeness (QED) is 0.727. The van der Waals surface area contributed by atoms with Gasteiger partial charge in [0.05, 0.1) is 5.69 Å². The molecule has 1 heterocycles. The van der Waals surface area contributed by atoms with E-state index in [-0.39, 0.29) is 11.4 Å². The third-order valence-corrected chi connectivity index (χ3v) is 3.69. The van der Waals surface area contributed by atoms with Gasteiger partial charge in [-0.15, -0.1) is 0 Å². The number of rotatable bonds is 5. The van der Waals surface area contributed by atoms with Crippen molar-refractivity contribution < 1.29 is 9.18 Å². The van der Waals surface area contributed by atoms with Crippen molar-refractivity contribution in [3.05, 3.63) is 89.5 Å². The normalized spacial score (nSPS) is 10.3. The molecule has 1 aromatic heterocycles. The largest absolute Gasteiger partial charge is 0.381 e. The second-order valence-corrected chi connectivity index (χ2v) is 5.71. The van der Waals surface area contributed by atoms with E-state index in [0.29, 0.717) is 6.54 Å². The van der Waals surface area contributed by atoms with Crippen LogP contribution in [0.5, 0.6) is 0 Å². The van der Waals surface area contributed by atoms with Crippen molar-refractivity contribution in [2.24, 2.45) is 0 Å². The molecule has 0 bridgehead atoms. The number of hydrogen-bond donors (Lipinski definition) is 2. The number of halogens is 1. The fourth-order valence-electron chi connectivity index (χ4n) is 2.44. The maximum atomic E-state index is 13.6. The molecule has 2 N–H and O–H groups in total. The highest BCUT2D eigenvalue weighted by atomic mass is 19.1. The first-order valence-electron chi connectivity index (χ1n) is 7.93. The van der Waals surface area contributed by atoms with Crippen molar-refractivity contribution in [3.8, 4) is 0 Å². The van der Waals surface area contributed by atoms with Crippen LogP contribution in [0.3, 0.4) is 0 Å². The second-order valence-electron chi connectivity index (χ2n) is 5.71. The van der Waals surface area contributed by atoms with Crippen molar-refractivity contribution in [1.82, 2.24) is 4.98 Å². The minimum Gasteiger partial charge on any atom is -0.381 e. The number of amides is 1. The minimum absolute atomic E-state index is 0.132. The van der Waals surface area contributed by atoms with Crippen LogP contribution < -0.4 is 10.6 Å². The van der Waals surface area contributed by atoms with Gasteiger partial charge in [0.25, 0.3) is 5.91 Å². The van der Waals surface area contributed by atoms with Crippen LogP contribution in [0.15, 0.2) is 66.9 Å². The highest BCUT2D eigenvalue weighted by Crippen LogP contribution is 2.15. The summed E-state index contributed by atoms with van der Waals surface area (Å²) in [7, 11) is 0. The van der Waals surface area contributed by atoms with E-state index in [1.165, 1.54) is 17.7 Å². The summed E-state index contributed by atoms with van der Waals surface area (Å²) in [6.45, 7) is 2.68. The zero-order valence-electron chi connectivity index (χ0n) is 13.8. The van der Waals surface area contributed by atoms with Gasteiger partial charge in [0.1, 0.15) is 11.5 Å². The molecule has 0 atom stereocenters. The first kappa shape index (κ1) is 16.6. The van der Waals surface area contributed by atoms with Crippen LogP contribution >= 0.6 is 0 Å². The number of carbonyl (C=O) groups is 1. The van der Waals surface area contributed by atoms with Crippen LogP contribution in [0, 0.1) is 12.7 Å². The van der Waals surface area contributed by atoms with Crippen LogP contribution in [0.4, 0.5) is 15.8 Å². The Balaban J connectivity index is 1.68. The molecule has 0 saturated heterocycles. The molecule has 1 amide bonds. The zero-order valence-corrected chi connectivity index (χ0v) is 13.8. The molecular formula is C20H18FN3O. The third-order valence-electron chi connectivity index (χ3n) is 3.69. The van der Waals surface area contributed by atoms with Gasteiger partial charge >= 0.3 is 0 Å². The van der Waals surface area contributed by atoms with Gasteiger partial charge in [-0.1, -0.05) is 42.0 Å². The topological polar surface area (TPSA) is 54.0 Å². The number of aryl methyl sites for hydroxylation is 1. The summed E-state index contributed by atoms with van der Waals surface area (Å²) in [6, 6.07) is 17.6. The standard InChI is InChI=1S/C20H18FN3O/c1-14-5-4-6-15(11-14)13-23-16-9-10-22-19(12-16)20(25)24-18-8-3-2-7-17(18)21/h2-12H,13H2,1H3,(H,22,23)(H,24,25). The Labute approximate surface area is 145 Å². The smallest absolute Gasteiger partial charge is 0.274 e. The fraction of sp³-hybridized carbons (Fsp3) is 0.100. The van der Waals surface area contributed by atoms with Crippen molar-refractivity contribution in [3.63, 3.8) is 0 Å². The molecule has 0 fully saturated rings. The van der Waals surface area contributed by atoms with Crippen LogP contribution in [0.1, 0.15) is 21.6 Å². The molecule has 0 aliphatic carbocycles. The number of pyridine rings is 1. The average molecular weight is 335 g/mol. The lowest BCUT2D eigenvalue weighted by Gasteiger charge is -2.09. The summed E-state index contributed by atoms with van der Waals surface area (Å²) in [6.07, 6.45) is 1.55. The number of nitrogens with zero attached hydrogens (tertiary/aromatic N) is 1. The molecule has 2 aromatic carbocycles. The van der Waals surface area contributed by atoms with Crippen LogP contribution in [-0.2, 0) is 6.54 Å². The van der Waals surface area contributed by atoms with E-state index in [1.807, 2.05) is 25.1 Å². The lowest BCUT2D eigenvalue weighted by Crippen LogP contribution is -2.15. The SMILES string of the molecule is Cc1cccc(CNc2ccnc(C(=O)Nc3ccccc3F)c2)c1. The Morgan fingerprint density at radius 2 is 1.92 bits per heavy atom.